The fraction of sp³-hybridized carbons (Fsp3) is 0.211. The van der Waals surface area contributed by atoms with Crippen molar-refractivity contribution in [2.75, 3.05) is 30.9 Å². The second kappa shape index (κ2) is 8.77. The molecule has 0 bridgehead atoms. The van der Waals surface area contributed by atoms with Gasteiger partial charge in [0.25, 0.3) is 0 Å². The van der Waals surface area contributed by atoms with Crippen molar-refractivity contribution >= 4 is 11.8 Å². The number of nitrogens with one attached hydrogen (secondary N) is 2. The highest BCUT2D eigenvalue weighted by Crippen LogP contribution is 2.21. The van der Waals surface area contributed by atoms with E-state index in [4.69, 9.17) is 9.84 Å². The summed E-state index contributed by atoms with van der Waals surface area (Å²) in [6, 6.07) is 13.5. The average Bonchev–Trinajstić information content (AvgIpc) is 2.71. The first-order valence-corrected chi connectivity index (χ1v) is 8.29. The zero-order chi connectivity index (χ0) is 18.2. The quantitative estimate of drug-likeness (QED) is 0.574. The van der Waals surface area contributed by atoms with Crippen molar-refractivity contribution < 1.29 is 9.84 Å². The van der Waals surface area contributed by atoms with Crippen molar-refractivity contribution in [3.8, 4) is 17.0 Å². The highest BCUT2D eigenvalue weighted by molar-refractivity contribution is 5.63. The molecule has 26 heavy (non-hydrogen) atoms. The zero-order valence-corrected chi connectivity index (χ0v) is 14.5. The first-order valence-electron chi connectivity index (χ1n) is 8.29. The third-order valence-corrected chi connectivity index (χ3v) is 3.69. The van der Waals surface area contributed by atoms with Crippen LogP contribution in [0.5, 0.6) is 5.75 Å². The maximum Gasteiger partial charge on any atom is 0.225 e. The van der Waals surface area contributed by atoms with E-state index in [9.17, 15) is 0 Å². The number of rotatable bonds is 8. The van der Waals surface area contributed by atoms with Crippen LogP contribution >= 0.6 is 0 Å². The number of pyridine rings is 1. The maximum atomic E-state index is 9.03. The van der Waals surface area contributed by atoms with Crippen LogP contribution in [0.2, 0.25) is 0 Å². The molecule has 3 rings (SSSR count). The predicted octanol–water partition coefficient (Wildman–Crippen LogP) is 2.56. The Morgan fingerprint density at radius 3 is 2.77 bits per heavy atom. The van der Waals surface area contributed by atoms with Crippen molar-refractivity contribution in [3.05, 3.63) is 60.4 Å². The summed E-state index contributed by atoms with van der Waals surface area (Å²) < 4.78 is 5.25. The molecule has 7 heteroatoms. The first kappa shape index (κ1) is 17.6. The van der Waals surface area contributed by atoms with Crippen LogP contribution in [-0.4, -0.2) is 40.3 Å². The normalized spacial score (nSPS) is 10.4. The van der Waals surface area contributed by atoms with Crippen LogP contribution < -0.4 is 15.4 Å². The maximum absolute atomic E-state index is 9.03. The molecule has 0 saturated carbocycles. The molecule has 0 fully saturated rings. The van der Waals surface area contributed by atoms with E-state index in [2.05, 4.69) is 25.6 Å². The van der Waals surface area contributed by atoms with Gasteiger partial charge in [0.15, 0.2) is 0 Å². The smallest absolute Gasteiger partial charge is 0.225 e. The van der Waals surface area contributed by atoms with Gasteiger partial charge in [0.2, 0.25) is 5.95 Å². The van der Waals surface area contributed by atoms with Gasteiger partial charge in [0.05, 0.1) is 19.4 Å². The van der Waals surface area contributed by atoms with E-state index in [1.165, 1.54) is 0 Å². The molecule has 134 valence electrons. The lowest BCUT2D eigenvalue weighted by Gasteiger charge is -2.11. The topological polar surface area (TPSA) is 92.2 Å². The molecular formula is C19H21N5O2. The van der Waals surface area contributed by atoms with Crippen LogP contribution in [0.15, 0.2) is 54.9 Å². The third kappa shape index (κ3) is 4.67. The second-order valence-electron chi connectivity index (χ2n) is 5.56. The summed E-state index contributed by atoms with van der Waals surface area (Å²) >= 11 is 0. The van der Waals surface area contributed by atoms with Crippen LogP contribution in [-0.2, 0) is 6.54 Å². The molecule has 0 aliphatic rings. The summed E-state index contributed by atoms with van der Waals surface area (Å²) in [6.45, 7) is 0.985. The minimum absolute atomic E-state index is 0.00700. The van der Waals surface area contributed by atoms with Crippen molar-refractivity contribution in [1.29, 1.82) is 0 Å². The summed E-state index contributed by atoms with van der Waals surface area (Å²) in [5.41, 5.74) is 2.73. The molecule has 0 atom stereocenters. The highest BCUT2D eigenvalue weighted by atomic mass is 16.5. The van der Waals surface area contributed by atoms with E-state index in [-0.39, 0.29) is 6.61 Å². The van der Waals surface area contributed by atoms with E-state index in [1.54, 1.807) is 19.5 Å². The SMILES string of the molecule is COc1cccc(CNc2cc(-c3cccnc3)nc(NCCO)n2)c1. The Hall–Kier alpha value is -3.19. The molecule has 0 radical (unpaired) electrons. The Morgan fingerprint density at radius 1 is 1.08 bits per heavy atom. The van der Waals surface area contributed by atoms with Gasteiger partial charge in [0.1, 0.15) is 11.6 Å². The summed E-state index contributed by atoms with van der Waals surface area (Å²) in [7, 11) is 1.65. The fourth-order valence-corrected chi connectivity index (χ4v) is 2.42. The van der Waals surface area contributed by atoms with E-state index in [1.807, 2.05) is 42.5 Å². The number of hydrogen-bond acceptors (Lipinski definition) is 7. The molecule has 3 N–H and O–H groups in total. The monoisotopic (exact) mass is 351 g/mol. The molecule has 0 aliphatic heterocycles. The number of hydrogen-bond donors (Lipinski definition) is 3. The van der Waals surface area contributed by atoms with Gasteiger partial charge in [0, 0.05) is 37.1 Å². The average molecular weight is 351 g/mol. The van der Waals surface area contributed by atoms with Crippen LogP contribution in [0.3, 0.4) is 0 Å². The van der Waals surface area contributed by atoms with E-state index in [0.29, 0.717) is 24.9 Å². The molecule has 0 unspecified atom stereocenters. The molecule has 0 amide bonds. The second-order valence-corrected chi connectivity index (χ2v) is 5.56. The first-order chi connectivity index (χ1) is 12.8. The summed E-state index contributed by atoms with van der Waals surface area (Å²) in [5, 5.41) is 15.3. The number of nitrogens with zero attached hydrogens (tertiary/aromatic N) is 3. The lowest BCUT2D eigenvalue weighted by molar-refractivity contribution is 0.311. The van der Waals surface area contributed by atoms with Gasteiger partial charge >= 0.3 is 0 Å². The number of aromatic nitrogens is 3. The third-order valence-electron chi connectivity index (χ3n) is 3.69. The predicted molar refractivity (Wildman–Crippen MR) is 101 cm³/mol. The Bertz CT molecular complexity index is 842. The summed E-state index contributed by atoms with van der Waals surface area (Å²) in [5.74, 6) is 1.95. The van der Waals surface area contributed by atoms with Gasteiger partial charge in [-0.1, -0.05) is 12.1 Å². The van der Waals surface area contributed by atoms with Crippen LogP contribution in [0.25, 0.3) is 11.3 Å². The molecule has 0 saturated heterocycles. The van der Waals surface area contributed by atoms with Gasteiger partial charge in [-0.15, -0.1) is 0 Å². The molecule has 7 nitrogen and oxygen atoms in total. The van der Waals surface area contributed by atoms with Gasteiger partial charge < -0.3 is 20.5 Å². The standard InChI is InChI=1S/C19H21N5O2/c1-26-16-6-2-4-14(10-16)12-22-18-11-17(15-5-3-7-20-13-15)23-19(24-18)21-8-9-25/h2-7,10-11,13,25H,8-9,12H2,1H3,(H2,21,22,23,24). The highest BCUT2D eigenvalue weighted by Gasteiger charge is 2.07. The van der Waals surface area contributed by atoms with Crippen LogP contribution in [0, 0.1) is 0 Å². The fourth-order valence-electron chi connectivity index (χ4n) is 2.42. The number of aliphatic hydroxyl groups is 1. The van der Waals surface area contributed by atoms with Crippen molar-refractivity contribution in [2.45, 2.75) is 6.54 Å². The van der Waals surface area contributed by atoms with Gasteiger partial charge in [-0.3, -0.25) is 4.98 Å². The van der Waals surface area contributed by atoms with Crippen molar-refractivity contribution in [1.82, 2.24) is 15.0 Å². The van der Waals surface area contributed by atoms with Crippen molar-refractivity contribution in [3.63, 3.8) is 0 Å². The van der Waals surface area contributed by atoms with Crippen LogP contribution in [0.4, 0.5) is 11.8 Å². The summed E-state index contributed by atoms with van der Waals surface area (Å²) in [6.07, 6.45) is 3.47. The lowest BCUT2D eigenvalue weighted by atomic mass is 10.2. The Labute approximate surface area is 152 Å². The van der Waals surface area contributed by atoms with Crippen molar-refractivity contribution in [2.24, 2.45) is 0 Å². The lowest BCUT2D eigenvalue weighted by Crippen LogP contribution is -2.11. The molecule has 2 aromatic heterocycles. The van der Waals surface area contributed by atoms with Gasteiger partial charge in [-0.05, 0) is 29.8 Å². The van der Waals surface area contributed by atoms with E-state index in [0.717, 1.165) is 22.6 Å². The molecular weight excluding hydrogens is 330 g/mol. The molecule has 2 heterocycles. The number of benzene rings is 1. The summed E-state index contributed by atoms with van der Waals surface area (Å²) in [4.78, 5) is 13.1. The Kier molecular flexibility index (Phi) is 5.95. The molecule has 0 spiro atoms. The van der Waals surface area contributed by atoms with E-state index < -0.39 is 0 Å². The Morgan fingerprint density at radius 2 is 2.00 bits per heavy atom. The molecule has 1 aromatic carbocycles. The van der Waals surface area contributed by atoms with E-state index >= 15 is 0 Å². The largest absolute Gasteiger partial charge is 0.497 e. The Balaban J connectivity index is 1.82. The minimum atomic E-state index is 0.00700. The molecule has 3 aromatic rings. The van der Waals surface area contributed by atoms with Gasteiger partial charge in [-0.2, -0.15) is 4.98 Å². The number of anilines is 2. The minimum Gasteiger partial charge on any atom is -0.497 e. The van der Waals surface area contributed by atoms with Gasteiger partial charge in [-0.25, -0.2) is 4.98 Å². The zero-order valence-electron chi connectivity index (χ0n) is 14.5. The van der Waals surface area contributed by atoms with Crippen LogP contribution in [0.1, 0.15) is 5.56 Å². The number of ether oxygens (including phenoxy) is 1. The number of methoxy groups -OCH3 is 1. The molecule has 0 aliphatic carbocycles. The number of aliphatic hydroxyl groups excluding tert-OH is 1.